The number of nitrogens with one attached hydrogen (secondary N) is 2. The van der Waals surface area contributed by atoms with Crippen molar-refractivity contribution in [1.82, 2.24) is 40.5 Å². The number of aromatic hydroxyl groups is 1. The monoisotopic (exact) mass is 1030 g/mol. The van der Waals surface area contributed by atoms with Gasteiger partial charge in [-0.25, -0.2) is 9.97 Å². The fourth-order valence-corrected chi connectivity index (χ4v) is 10.1. The van der Waals surface area contributed by atoms with E-state index in [1.165, 1.54) is 7.11 Å². The molecule has 0 bridgehead atoms. The lowest BCUT2D eigenvalue weighted by Crippen LogP contribution is -2.50. The number of nitrogens with two attached hydrogens (primary N) is 1. The lowest BCUT2D eigenvalue weighted by atomic mass is 9.73. The molecule has 6 heterocycles. The number of nitrogens with zero attached hydrogens (tertiary/aromatic N) is 8. The van der Waals surface area contributed by atoms with Crippen molar-refractivity contribution in [1.29, 1.82) is 0 Å². The maximum Gasteiger partial charge on any atom is 0.229 e. The van der Waals surface area contributed by atoms with Crippen molar-refractivity contribution < 1.29 is 33.6 Å². The largest absolute Gasteiger partial charge is 0.493 e. The Hall–Kier alpha value is -8.80. The second-order valence-corrected chi connectivity index (χ2v) is 19.2. The number of ether oxygens (including phenoxy) is 4. The number of rotatable bonds is 16. The number of fused-ring (bicyclic) bond motifs is 2. The standard InChI is InChI=1S/C29H32N6O3.C29H31N5O4/c1-37-24-15-22-23(16-25(24)38-2)33-28(34-26(22)30)35-13-10-29(11-14-35,17-20-7-4-3-5-8-20)27(36)32-19-21-9-6-12-31-18-21;1-37-24-15-22-23(16-25(24)38-2)32-28(33-26(22)35)34-13-10-29(11-14-34,17-20-7-4-3-5-8-20)27(36)31-19-21-9-6-12-30-18-21/h3-9,12,15-16,18H,10-11,13-14,17,19H2,1-2H3,(H,32,36)(H2,30,33,34);3-9,12,15-16,18H,10-11,13-14,17,19H2,1-2H3,(H,31,36)(H,32,33,35). The molecule has 0 unspecified atom stereocenters. The molecule has 4 aromatic carbocycles. The number of aromatic nitrogens is 6. The number of amides is 2. The minimum atomic E-state index is -0.574. The lowest BCUT2D eigenvalue weighted by Gasteiger charge is -2.41. The molecular formula is C58H63N11O7. The smallest absolute Gasteiger partial charge is 0.229 e. The highest BCUT2D eigenvalue weighted by molar-refractivity contribution is 5.92. The van der Waals surface area contributed by atoms with Crippen LogP contribution in [0.2, 0.25) is 0 Å². The summed E-state index contributed by atoms with van der Waals surface area (Å²) in [5, 5.41) is 18.2. The molecule has 76 heavy (non-hydrogen) atoms. The number of nitrogen functional groups attached to an aromatic ring is 1. The molecule has 4 aromatic heterocycles. The highest BCUT2D eigenvalue weighted by Gasteiger charge is 2.43. The minimum Gasteiger partial charge on any atom is -0.493 e. The second-order valence-electron chi connectivity index (χ2n) is 19.2. The fraction of sp³-hybridized carbons (Fsp3) is 0.310. The van der Waals surface area contributed by atoms with Crippen LogP contribution in [-0.2, 0) is 35.5 Å². The third-order valence-corrected chi connectivity index (χ3v) is 14.5. The van der Waals surface area contributed by atoms with Crippen molar-refractivity contribution in [3.8, 4) is 28.9 Å². The second kappa shape index (κ2) is 23.6. The first kappa shape index (κ1) is 52.1. The highest BCUT2D eigenvalue weighted by Crippen LogP contribution is 2.41. The normalized spacial score (nSPS) is 14.7. The number of carbonyl (C=O) groups excluding carboxylic acids is 2. The van der Waals surface area contributed by atoms with Crippen LogP contribution in [0, 0.1) is 10.8 Å². The van der Waals surface area contributed by atoms with Crippen LogP contribution in [0.5, 0.6) is 28.9 Å². The molecule has 2 aliphatic heterocycles. The Kier molecular flexibility index (Phi) is 16.2. The van der Waals surface area contributed by atoms with Crippen LogP contribution in [0.4, 0.5) is 17.7 Å². The molecule has 0 aliphatic carbocycles. The molecule has 0 radical (unpaired) electrons. The molecule has 10 rings (SSSR count). The average Bonchev–Trinajstić information content (AvgIpc) is 3.47. The van der Waals surface area contributed by atoms with Crippen molar-refractivity contribution in [3.05, 3.63) is 156 Å². The maximum atomic E-state index is 13.7. The van der Waals surface area contributed by atoms with Gasteiger partial charge in [0.1, 0.15) is 5.82 Å². The van der Waals surface area contributed by atoms with Crippen LogP contribution >= 0.6 is 0 Å². The molecule has 8 aromatic rings. The predicted molar refractivity (Wildman–Crippen MR) is 292 cm³/mol. The minimum absolute atomic E-state index is 0.0314. The Bertz CT molecular complexity index is 3030. The molecule has 5 N–H and O–H groups in total. The maximum absolute atomic E-state index is 13.7. The summed E-state index contributed by atoms with van der Waals surface area (Å²) in [4.78, 5) is 58.2. The Morgan fingerprint density at radius 1 is 0.539 bits per heavy atom. The molecular weight excluding hydrogens is 963 g/mol. The van der Waals surface area contributed by atoms with E-state index in [-0.39, 0.29) is 17.7 Å². The van der Waals surface area contributed by atoms with Crippen molar-refractivity contribution >= 4 is 51.3 Å². The Balaban J connectivity index is 0.000000186. The van der Waals surface area contributed by atoms with Crippen molar-refractivity contribution in [3.63, 3.8) is 0 Å². The summed E-state index contributed by atoms with van der Waals surface area (Å²) in [6, 6.07) is 35.0. The summed E-state index contributed by atoms with van der Waals surface area (Å²) < 4.78 is 21.6. The van der Waals surface area contributed by atoms with Gasteiger partial charge in [-0.1, -0.05) is 72.8 Å². The zero-order valence-corrected chi connectivity index (χ0v) is 43.2. The van der Waals surface area contributed by atoms with Gasteiger partial charge in [-0.2, -0.15) is 9.97 Å². The van der Waals surface area contributed by atoms with Crippen LogP contribution in [0.1, 0.15) is 47.9 Å². The van der Waals surface area contributed by atoms with Crippen LogP contribution < -0.4 is 45.1 Å². The quantitative estimate of drug-likeness (QED) is 0.0729. The van der Waals surface area contributed by atoms with E-state index < -0.39 is 10.8 Å². The fourth-order valence-electron chi connectivity index (χ4n) is 10.1. The van der Waals surface area contributed by atoms with Gasteiger partial charge < -0.3 is 50.2 Å². The molecule has 2 saturated heterocycles. The van der Waals surface area contributed by atoms with Gasteiger partial charge in [-0.3, -0.25) is 19.6 Å². The van der Waals surface area contributed by atoms with E-state index in [0.717, 1.165) is 22.3 Å². The Morgan fingerprint density at radius 3 is 1.36 bits per heavy atom. The molecule has 2 amide bonds. The average molecular weight is 1030 g/mol. The molecule has 18 heteroatoms. The summed E-state index contributed by atoms with van der Waals surface area (Å²) in [5.41, 5.74) is 10.7. The van der Waals surface area contributed by atoms with Gasteiger partial charge in [-0.15, -0.1) is 0 Å². The van der Waals surface area contributed by atoms with E-state index in [4.69, 9.17) is 34.6 Å². The molecule has 0 spiro atoms. The predicted octanol–water partition coefficient (Wildman–Crippen LogP) is 7.66. The molecule has 0 saturated carbocycles. The van der Waals surface area contributed by atoms with Crippen molar-refractivity contribution in [2.45, 2.75) is 51.6 Å². The van der Waals surface area contributed by atoms with Gasteiger partial charge in [0.25, 0.3) is 0 Å². The number of carbonyl (C=O) groups is 2. The zero-order valence-electron chi connectivity index (χ0n) is 43.2. The van der Waals surface area contributed by atoms with E-state index >= 15 is 0 Å². The molecule has 18 nitrogen and oxygen atoms in total. The molecule has 2 fully saturated rings. The molecule has 0 atom stereocenters. The Morgan fingerprint density at radius 2 is 0.934 bits per heavy atom. The summed E-state index contributed by atoms with van der Waals surface area (Å²) in [7, 11) is 6.27. The third kappa shape index (κ3) is 11.8. The first-order valence-corrected chi connectivity index (χ1v) is 25.3. The number of methoxy groups -OCH3 is 4. The number of hydrogen-bond donors (Lipinski definition) is 4. The zero-order chi connectivity index (χ0) is 53.1. The summed E-state index contributed by atoms with van der Waals surface area (Å²) >= 11 is 0. The van der Waals surface area contributed by atoms with E-state index in [9.17, 15) is 14.7 Å². The Labute approximate surface area is 441 Å². The number of anilines is 3. The number of hydrogen-bond acceptors (Lipinski definition) is 16. The van der Waals surface area contributed by atoms with Crippen LogP contribution in [-0.4, -0.2) is 101 Å². The summed E-state index contributed by atoms with van der Waals surface area (Å²) in [6.45, 7) is 3.29. The van der Waals surface area contributed by atoms with Crippen LogP contribution in [0.25, 0.3) is 21.8 Å². The van der Waals surface area contributed by atoms with E-state index in [0.29, 0.717) is 140 Å². The molecule has 392 valence electrons. The molecule has 2 aliphatic rings. The van der Waals surface area contributed by atoms with Crippen molar-refractivity contribution in [2.75, 3.05) is 70.2 Å². The van der Waals surface area contributed by atoms with Gasteiger partial charge in [0.2, 0.25) is 29.6 Å². The summed E-state index contributed by atoms with van der Waals surface area (Å²) in [5.74, 6) is 3.48. The van der Waals surface area contributed by atoms with E-state index in [1.54, 1.807) is 64.3 Å². The van der Waals surface area contributed by atoms with Gasteiger partial charge >= 0.3 is 0 Å². The number of benzene rings is 4. The van der Waals surface area contributed by atoms with Crippen molar-refractivity contribution in [2.24, 2.45) is 10.8 Å². The van der Waals surface area contributed by atoms with Gasteiger partial charge in [0.05, 0.1) is 55.7 Å². The topological polar surface area (TPSA) is 225 Å². The SMILES string of the molecule is COc1cc2nc(N3CCC(Cc4ccccc4)(C(=O)NCc4cccnc4)CC3)nc(N)c2cc1OC.COc1cc2nc(N3CCC(Cc4ccccc4)(C(=O)NCc4cccnc4)CC3)nc(O)c2cc1OC. The number of pyridine rings is 2. The van der Waals surface area contributed by atoms with Gasteiger partial charge in [0, 0.05) is 81.6 Å². The third-order valence-electron chi connectivity index (χ3n) is 14.5. The van der Waals surface area contributed by atoms with Gasteiger partial charge in [0.15, 0.2) is 23.0 Å². The highest BCUT2D eigenvalue weighted by atomic mass is 16.5. The summed E-state index contributed by atoms with van der Waals surface area (Å²) in [6.07, 6.45) is 10.9. The first-order valence-electron chi connectivity index (χ1n) is 25.3. The lowest BCUT2D eigenvalue weighted by molar-refractivity contribution is -0.133. The number of piperidine rings is 2. The van der Waals surface area contributed by atoms with E-state index in [2.05, 4.69) is 59.7 Å². The first-order chi connectivity index (χ1) is 37.0. The van der Waals surface area contributed by atoms with Crippen LogP contribution in [0.3, 0.4) is 0 Å². The van der Waals surface area contributed by atoms with Crippen LogP contribution in [0.15, 0.2) is 134 Å². The van der Waals surface area contributed by atoms with Gasteiger partial charge in [-0.05, 0) is 85.0 Å². The van der Waals surface area contributed by atoms with E-state index in [1.807, 2.05) is 71.6 Å².